The lowest BCUT2D eigenvalue weighted by Gasteiger charge is -2.08. The third kappa shape index (κ3) is 4.62. The van der Waals surface area contributed by atoms with Crippen LogP contribution in [0.15, 0.2) is 78.0 Å². The lowest BCUT2D eigenvalue weighted by Crippen LogP contribution is -2.19. The molecular weight excluding hydrogens is 434 g/mol. The van der Waals surface area contributed by atoms with Gasteiger partial charge in [0.2, 0.25) is 5.91 Å². The number of amides is 1. The van der Waals surface area contributed by atoms with Crippen LogP contribution in [0.25, 0.3) is 10.9 Å². The van der Waals surface area contributed by atoms with Crippen LogP contribution in [0.1, 0.15) is 11.1 Å². The van der Waals surface area contributed by atoms with Gasteiger partial charge in [0.1, 0.15) is 12.4 Å². The Labute approximate surface area is 185 Å². The van der Waals surface area contributed by atoms with E-state index in [1.165, 1.54) is 6.20 Å². The zero-order valence-electron chi connectivity index (χ0n) is 16.7. The third-order valence-corrected chi connectivity index (χ3v) is 6.90. The standard InChI is InChI=1S/C23H20ClN3O3S/c1-16-5-4-12-25-23(16)26-22(28)14-27-13-21(19-6-2-3-7-20(19)27)31(29,30)15-17-8-10-18(24)11-9-17/h2-13H,14-15H2,1H3,(H,25,26,28). The number of hydrogen-bond donors (Lipinski definition) is 1. The summed E-state index contributed by atoms with van der Waals surface area (Å²) in [6.07, 6.45) is 3.13. The first kappa shape index (κ1) is 21.1. The van der Waals surface area contributed by atoms with Crippen LogP contribution in [0, 0.1) is 6.92 Å². The van der Waals surface area contributed by atoms with Gasteiger partial charge in [-0.05, 0) is 42.3 Å². The molecule has 31 heavy (non-hydrogen) atoms. The quantitative estimate of drug-likeness (QED) is 0.462. The van der Waals surface area contributed by atoms with Gasteiger partial charge in [0, 0.05) is 28.3 Å². The topological polar surface area (TPSA) is 81.1 Å². The van der Waals surface area contributed by atoms with Gasteiger partial charge in [-0.1, -0.05) is 48.0 Å². The van der Waals surface area contributed by atoms with E-state index in [1.807, 2.05) is 19.1 Å². The summed E-state index contributed by atoms with van der Waals surface area (Å²) in [6.45, 7) is 1.82. The fraction of sp³-hybridized carbons (Fsp3) is 0.130. The number of anilines is 1. The Morgan fingerprint density at radius 1 is 1.06 bits per heavy atom. The molecule has 1 amide bonds. The molecule has 0 saturated heterocycles. The predicted molar refractivity (Wildman–Crippen MR) is 122 cm³/mol. The van der Waals surface area contributed by atoms with E-state index in [-0.39, 0.29) is 23.1 Å². The first-order chi connectivity index (χ1) is 14.8. The predicted octanol–water partition coefficient (Wildman–Crippen LogP) is 4.61. The van der Waals surface area contributed by atoms with Gasteiger partial charge >= 0.3 is 0 Å². The number of aryl methyl sites for hydroxylation is 1. The van der Waals surface area contributed by atoms with Crippen molar-refractivity contribution in [2.24, 2.45) is 0 Å². The third-order valence-electron chi connectivity index (χ3n) is 4.94. The highest BCUT2D eigenvalue weighted by Crippen LogP contribution is 2.28. The second kappa shape index (κ2) is 8.53. The molecule has 4 rings (SSSR count). The molecule has 4 aromatic rings. The number of pyridine rings is 1. The van der Waals surface area contributed by atoms with Crippen LogP contribution in [0.5, 0.6) is 0 Å². The first-order valence-corrected chi connectivity index (χ1v) is 11.6. The molecule has 0 aliphatic rings. The Balaban J connectivity index is 1.65. The van der Waals surface area contributed by atoms with Gasteiger partial charge in [-0.3, -0.25) is 4.79 Å². The molecule has 2 heterocycles. The van der Waals surface area contributed by atoms with E-state index in [9.17, 15) is 13.2 Å². The average molecular weight is 454 g/mol. The molecule has 0 atom stereocenters. The fourth-order valence-corrected chi connectivity index (χ4v) is 5.12. The van der Waals surface area contributed by atoms with Crippen molar-refractivity contribution in [3.05, 3.63) is 89.2 Å². The Morgan fingerprint density at radius 2 is 1.81 bits per heavy atom. The van der Waals surface area contributed by atoms with Crippen molar-refractivity contribution in [2.45, 2.75) is 24.1 Å². The minimum Gasteiger partial charge on any atom is -0.337 e. The maximum atomic E-state index is 13.2. The lowest BCUT2D eigenvalue weighted by molar-refractivity contribution is -0.116. The van der Waals surface area contributed by atoms with Crippen molar-refractivity contribution in [1.82, 2.24) is 9.55 Å². The number of sulfone groups is 1. The summed E-state index contributed by atoms with van der Waals surface area (Å²) in [4.78, 5) is 17.0. The first-order valence-electron chi connectivity index (χ1n) is 9.60. The maximum absolute atomic E-state index is 13.2. The molecule has 0 unspecified atom stereocenters. The van der Waals surface area contributed by atoms with Gasteiger partial charge in [0.15, 0.2) is 9.84 Å². The molecule has 158 valence electrons. The number of carbonyl (C=O) groups is 1. The van der Waals surface area contributed by atoms with Crippen molar-refractivity contribution in [1.29, 1.82) is 0 Å². The summed E-state index contributed by atoms with van der Waals surface area (Å²) in [5.74, 6) is 0.0427. The minimum absolute atomic E-state index is 0.0347. The zero-order chi connectivity index (χ0) is 22.0. The Kier molecular flexibility index (Phi) is 5.80. The van der Waals surface area contributed by atoms with Crippen molar-refractivity contribution >= 4 is 44.1 Å². The molecule has 6 nitrogen and oxygen atoms in total. The van der Waals surface area contributed by atoms with Crippen LogP contribution >= 0.6 is 11.6 Å². The molecule has 0 aliphatic heterocycles. The van der Waals surface area contributed by atoms with E-state index < -0.39 is 9.84 Å². The van der Waals surface area contributed by atoms with E-state index in [1.54, 1.807) is 59.3 Å². The second-order valence-corrected chi connectivity index (χ2v) is 9.64. The summed E-state index contributed by atoms with van der Waals surface area (Å²) in [6, 6.07) is 17.5. The number of halogens is 1. The van der Waals surface area contributed by atoms with Crippen LogP contribution < -0.4 is 5.32 Å². The second-order valence-electron chi connectivity index (χ2n) is 7.24. The van der Waals surface area contributed by atoms with Crippen LogP contribution in [-0.4, -0.2) is 23.9 Å². The number of rotatable bonds is 6. The van der Waals surface area contributed by atoms with Gasteiger partial charge in [-0.25, -0.2) is 13.4 Å². The lowest BCUT2D eigenvalue weighted by atomic mass is 10.2. The molecule has 0 radical (unpaired) electrons. The Hall–Kier alpha value is -3.16. The van der Waals surface area contributed by atoms with E-state index in [0.29, 0.717) is 27.3 Å². The molecule has 0 bridgehead atoms. The van der Waals surface area contributed by atoms with E-state index in [4.69, 9.17) is 11.6 Å². The van der Waals surface area contributed by atoms with Gasteiger partial charge in [0.05, 0.1) is 10.6 Å². The van der Waals surface area contributed by atoms with Crippen molar-refractivity contribution in [3.8, 4) is 0 Å². The number of carbonyl (C=O) groups excluding carboxylic acids is 1. The molecule has 0 spiro atoms. The Morgan fingerprint density at radius 3 is 2.55 bits per heavy atom. The summed E-state index contributed by atoms with van der Waals surface area (Å²) >= 11 is 5.90. The SMILES string of the molecule is Cc1cccnc1NC(=O)Cn1cc(S(=O)(=O)Cc2ccc(Cl)cc2)c2ccccc21. The maximum Gasteiger partial charge on any atom is 0.245 e. The number of fused-ring (bicyclic) bond motifs is 1. The summed E-state index contributed by atoms with van der Waals surface area (Å²) in [7, 11) is -3.64. The normalized spacial score (nSPS) is 11.5. The number of aromatic nitrogens is 2. The number of para-hydroxylation sites is 1. The molecule has 0 aliphatic carbocycles. The average Bonchev–Trinajstić information content (AvgIpc) is 3.11. The van der Waals surface area contributed by atoms with Crippen molar-refractivity contribution in [3.63, 3.8) is 0 Å². The number of hydrogen-bond acceptors (Lipinski definition) is 4. The van der Waals surface area contributed by atoms with Gasteiger partial charge in [0.25, 0.3) is 0 Å². The van der Waals surface area contributed by atoms with Gasteiger partial charge in [-0.2, -0.15) is 0 Å². The molecule has 0 saturated carbocycles. The molecular formula is C23H20ClN3O3S. The van der Waals surface area contributed by atoms with Crippen LogP contribution in [0.2, 0.25) is 5.02 Å². The van der Waals surface area contributed by atoms with E-state index in [0.717, 1.165) is 5.56 Å². The summed E-state index contributed by atoms with van der Waals surface area (Å²) in [5, 5.41) is 3.91. The number of benzene rings is 2. The summed E-state index contributed by atoms with van der Waals surface area (Å²) < 4.78 is 28.0. The fourth-order valence-electron chi connectivity index (χ4n) is 3.41. The molecule has 8 heteroatoms. The summed E-state index contributed by atoms with van der Waals surface area (Å²) in [5.41, 5.74) is 2.16. The smallest absolute Gasteiger partial charge is 0.245 e. The number of nitrogens with one attached hydrogen (secondary N) is 1. The van der Waals surface area contributed by atoms with Gasteiger partial charge < -0.3 is 9.88 Å². The van der Waals surface area contributed by atoms with Crippen molar-refractivity contribution in [2.75, 3.05) is 5.32 Å². The number of nitrogens with zero attached hydrogens (tertiary/aromatic N) is 2. The monoisotopic (exact) mass is 453 g/mol. The van der Waals surface area contributed by atoms with Gasteiger partial charge in [-0.15, -0.1) is 0 Å². The highest BCUT2D eigenvalue weighted by Gasteiger charge is 2.22. The largest absolute Gasteiger partial charge is 0.337 e. The molecule has 0 fully saturated rings. The highest BCUT2D eigenvalue weighted by atomic mass is 35.5. The minimum atomic E-state index is -3.64. The van der Waals surface area contributed by atoms with Crippen LogP contribution in [-0.2, 0) is 26.9 Å². The molecule has 2 aromatic carbocycles. The van der Waals surface area contributed by atoms with E-state index in [2.05, 4.69) is 10.3 Å². The molecule has 2 aromatic heterocycles. The zero-order valence-corrected chi connectivity index (χ0v) is 18.3. The van der Waals surface area contributed by atoms with Crippen LogP contribution in [0.3, 0.4) is 0 Å². The van der Waals surface area contributed by atoms with E-state index >= 15 is 0 Å². The van der Waals surface area contributed by atoms with Crippen molar-refractivity contribution < 1.29 is 13.2 Å². The highest BCUT2D eigenvalue weighted by molar-refractivity contribution is 7.90. The van der Waals surface area contributed by atoms with Crippen LogP contribution in [0.4, 0.5) is 5.82 Å². The Bertz CT molecular complexity index is 1360. The molecule has 1 N–H and O–H groups in total.